The van der Waals surface area contributed by atoms with Gasteiger partial charge in [-0.3, -0.25) is 4.79 Å². The highest BCUT2D eigenvalue weighted by atomic mass is 16.3. The van der Waals surface area contributed by atoms with Crippen LogP contribution in [0, 0.1) is 0 Å². The summed E-state index contributed by atoms with van der Waals surface area (Å²) < 4.78 is 0. The summed E-state index contributed by atoms with van der Waals surface area (Å²) in [5, 5.41) is 17.8. The molecule has 5 nitrogen and oxygen atoms in total. The molecule has 0 spiro atoms. The maximum atomic E-state index is 9.53. The van der Waals surface area contributed by atoms with Gasteiger partial charge >= 0.3 is 0 Å². The predicted molar refractivity (Wildman–Crippen MR) is 47.1 cm³/mol. The number of rotatable bonds is 3. The highest BCUT2D eigenvalue weighted by Crippen LogP contribution is 1.79. The van der Waals surface area contributed by atoms with Gasteiger partial charge in [0.25, 0.3) is 0 Å². The summed E-state index contributed by atoms with van der Waals surface area (Å²) in [6.45, 7) is 5.19. The Morgan fingerprint density at radius 2 is 1.77 bits per heavy atom. The summed E-state index contributed by atoms with van der Waals surface area (Å²) in [7, 11) is 0.750. The molecule has 0 aromatic heterocycles. The molecule has 0 aromatic rings. The smallest absolute Gasteiger partial charge is 0.240 e. The molecule has 0 aliphatic heterocycles. The van der Waals surface area contributed by atoms with Gasteiger partial charge in [0.2, 0.25) is 5.91 Å². The van der Waals surface area contributed by atoms with Crippen LogP contribution in [0.3, 0.4) is 0 Å². The molecule has 2 N–H and O–H groups in total. The maximum absolute atomic E-state index is 9.53. The average Bonchev–Trinajstić information content (AvgIpc) is 2.10. The van der Waals surface area contributed by atoms with Gasteiger partial charge in [-0.05, 0) is 12.5 Å². The SMILES string of the molecule is C=CC(N)=O.CCCC[O].C[O].[O]. The molecule has 0 heterocycles. The molecular weight excluding hydrogens is 174 g/mol. The Bertz CT molecular complexity index is 94.1. The first-order valence-electron chi connectivity index (χ1n) is 3.59. The van der Waals surface area contributed by atoms with Crippen molar-refractivity contribution in [1.29, 1.82) is 0 Å². The first-order chi connectivity index (χ1) is 5.68. The molecule has 1 amide bonds. The standard InChI is InChI=1S/C4H9O.C3H5NO.CH3O.O/c1-2-3-4-5;1-2-3(4)5;1-2;/h2-4H2,1H3;2H,1H2,(H2,4,5);1H3;. The number of nitrogens with two attached hydrogens (primary N) is 1. The van der Waals surface area contributed by atoms with Gasteiger partial charge in [-0.1, -0.05) is 19.9 Å². The average molecular weight is 191 g/mol. The third-order valence-corrected chi connectivity index (χ3v) is 0.699. The van der Waals surface area contributed by atoms with E-state index < -0.39 is 5.91 Å². The van der Waals surface area contributed by atoms with Crippen LogP contribution in [0.5, 0.6) is 0 Å². The lowest BCUT2D eigenvalue weighted by Gasteiger charge is -1.76. The van der Waals surface area contributed by atoms with E-state index in [0.29, 0.717) is 0 Å². The molecule has 0 bridgehead atoms. The number of carbonyl (C=O) groups excluding carboxylic acids is 1. The van der Waals surface area contributed by atoms with Gasteiger partial charge in [0.05, 0.1) is 13.7 Å². The van der Waals surface area contributed by atoms with Crippen molar-refractivity contribution in [3.63, 3.8) is 0 Å². The van der Waals surface area contributed by atoms with Gasteiger partial charge in [0.15, 0.2) is 0 Å². The van der Waals surface area contributed by atoms with E-state index >= 15 is 0 Å². The Hall–Kier alpha value is -0.910. The zero-order chi connectivity index (χ0) is 10.4. The quantitative estimate of drug-likeness (QED) is 0.653. The van der Waals surface area contributed by atoms with E-state index in [9.17, 15) is 9.90 Å². The van der Waals surface area contributed by atoms with E-state index in [4.69, 9.17) is 5.11 Å². The Morgan fingerprint density at radius 3 is 1.77 bits per heavy atom. The third kappa shape index (κ3) is 96.0. The largest absolute Gasteiger partial charge is 0.366 e. The Morgan fingerprint density at radius 1 is 1.46 bits per heavy atom. The van der Waals surface area contributed by atoms with Crippen LogP contribution < -0.4 is 5.73 Å². The molecule has 78 valence electrons. The van der Waals surface area contributed by atoms with Crippen molar-refractivity contribution in [1.82, 2.24) is 0 Å². The topological polar surface area (TPSA) is 111 Å². The molecule has 0 rings (SSSR count). The van der Waals surface area contributed by atoms with Crippen molar-refractivity contribution in [2.75, 3.05) is 13.7 Å². The van der Waals surface area contributed by atoms with Gasteiger partial charge < -0.3 is 5.73 Å². The minimum atomic E-state index is -0.481. The van der Waals surface area contributed by atoms with Gasteiger partial charge in [-0.2, -0.15) is 0 Å². The highest BCUT2D eigenvalue weighted by molar-refractivity contribution is 5.84. The van der Waals surface area contributed by atoms with E-state index in [1.54, 1.807) is 0 Å². The van der Waals surface area contributed by atoms with Crippen LogP contribution >= 0.6 is 0 Å². The minimum absolute atomic E-state index is 0. The first kappa shape index (κ1) is 22.7. The van der Waals surface area contributed by atoms with E-state index in [1.165, 1.54) is 0 Å². The second-order valence-electron chi connectivity index (χ2n) is 1.66. The number of primary amides is 1. The monoisotopic (exact) mass is 191 g/mol. The van der Waals surface area contributed by atoms with Crippen LogP contribution in [0.4, 0.5) is 0 Å². The summed E-state index contributed by atoms with van der Waals surface area (Å²) in [6, 6.07) is 0. The number of amides is 1. The van der Waals surface area contributed by atoms with Crippen molar-refractivity contribution in [3.8, 4) is 0 Å². The molecule has 0 fully saturated rings. The lowest BCUT2D eigenvalue weighted by Crippen LogP contribution is -2.04. The molecule has 0 aliphatic rings. The van der Waals surface area contributed by atoms with Gasteiger partial charge in [-0.25, -0.2) is 10.2 Å². The van der Waals surface area contributed by atoms with E-state index in [2.05, 4.69) is 12.3 Å². The van der Waals surface area contributed by atoms with Crippen molar-refractivity contribution in [2.45, 2.75) is 19.8 Å². The first-order valence-corrected chi connectivity index (χ1v) is 3.59. The van der Waals surface area contributed by atoms with Crippen molar-refractivity contribution in [2.24, 2.45) is 5.73 Å². The summed E-state index contributed by atoms with van der Waals surface area (Å²) >= 11 is 0. The number of hydrogen-bond donors (Lipinski definition) is 1. The van der Waals surface area contributed by atoms with E-state index in [0.717, 1.165) is 26.0 Å². The van der Waals surface area contributed by atoms with Crippen LogP contribution in [0.15, 0.2) is 12.7 Å². The molecule has 5 heteroatoms. The molecule has 0 saturated heterocycles. The van der Waals surface area contributed by atoms with Crippen molar-refractivity contribution < 1.29 is 20.5 Å². The molecule has 0 aliphatic carbocycles. The summed E-state index contributed by atoms with van der Waals surface area (Å²) in [5.74, 6) is -0.481. The number of hydrogen-bond acceptors (Lipinski definition) is 1. The Labute approximate surface area is 79.2 Å². The molecule has 0 unspecified atom stereocenters. The van der Waals surface area contributed by atoms with E-state index in [-0.39, 0.29) is 12.1 Å². The van der Waals surface area contributed by atoms with Gasteiger partial charge in [0, 0.05) is 5.48 Å². The van der Waals surface area contributed by atoms with Crippen LogP contribution in [0.1, 0.15) is 19.8 Å². The van der Waals surface area contributed by atoms with Gasteiger partial charge in [-0.15, -0.1) is 0 Å². The normalized spacial score (nSPS) is 6.15. The minimum Gasteiger partial charge on any atom is -0.366 e. The van der Waals surface area contributed by atoms with Crippen LogP contribution in [-0.4, -0.2) is 19.6 Å². The van der Waals surface area contributed by atoms with Crippen LogP contribution in [0.25, 0.3) is 0 Å². The second-order valence-corrected chi connectivity index (χ2v) is 1.66. The highest BCUT2D eigenvalue weighted by Gasteiger charge is 1.71. The van der Waals surface area contributed by atoms with Crippen molar-refractivity contribution in [3.05, 3.63) is 12.7 Å². The summed E-state index contributed by atoms with van der Waals surface area (Å²) in [4.78, 5) is 9.47. The summed E-state index contributed by atoms with van der Waals surface area (Å²) in [6.07, 6.45) is 2.92. The number of carbonyl (C=O) groups is 1. The Balaban J connectivity index is -0.0000000491. The van der Waals surface area contributed by atoms with Gasteiger partial charge in [0.1, 0.15) is 0 Å². The maximum Gasteiger partial charge on any atom is 0.240 e. The van der Waals surface area contributed by atoms with Crippen LogP contribution in [0.2, 0.25) is 0 Å². The van der Waals surface area contributed by atoms with Crippen molar-refractivity contribution >= 4 is 5.91 Å². The predicted octanol–water partition coefficient (Wildman–Crippen LogP) is 0.803. The number of unbranched alkanes of at least 4 members (excludes halogenated alkanes) is 1. The molecular formula is C8H17NO4. The zero-order valence-corrected chi connectivity index (χ0v) is 8.12. The Kier molecular flexibility index (Phi) is 53.2. The second kappa shape index (κ2) is 30.4. The summed E-state index contributed by atoms with van der Waals surface area (Å²) in [5.41, 5.74) is 4.53. The zero-order valence-electron chi connectivity index (χ0n) is 8.12. The lowest BCUT2D eigenvalue weighted by molar-refractivity contribution is -0.113. The third-order valence-electron chi connectivity index (χ3n) is 0.699. The molecule has 0 aromatic carbocycles. The van der Waals surface area contributed by atoms with E-state index in [1.807, 2.05) is 6.92 Å². The lowest BCUT2D eigenvalue weighted by atomic mass is 10.4. The fourth-order valence-corrected chi connectivity index (χ4v) is 0.144. The molecule has 0 saturated carbocycles. The fraction of sp³-hybridized carbons (Fsp3) is 0.625. The molecule has 0 atom stereocenters. The molecule has 4 radical (unpaired) electrons. The fourth-order valence-electron chi connectivity index (χ4n) is 0.144. The van der Waals surface area contributed by atoms with Crippen LogP contribution in [-0.2, 0) is 20.5 Å². The molecule has 13 heavy (non-hydrogen) atoms.